The lowest BCUT2D eigenvalue weighted by atomic mass is 9.91. The second-order valence-electron chi connectivity index (χ2n) is 5.13. The number of benzene rings is 1. The molecule has 1 unspecified atom stereocenters. The van der Waals surface area contributed by atoms with Crippen LogP contribution in [0.5, 0.6) is 0 Å². The first-order chi connectivity index (χ1) is 8.11. The van der Waals surface area contributed by atoms with Crippen LogP contribution in [0, 0.1) is 17.7 Å². The van der Waals surface area contributed by atoms with Gasteiger partial charge in [-0.25, -0.2) is 4.39 Å². The largest absolute Gasteiger partial charge is 0.317 e. The van der Waals surface area contributed by atoms with Crippen LogP contribution in [0.2, 0.25) is 0 Å². The van der Waals surface area contributed by atoms with E-state index >= 15 is 0 Å². The molecule has 1 nitrogen and oxygen atoms in total. The zero-order chi connectivity index (χ0) is 12.7. The van der Waals surface area contributed by atoms with Gasteiger partial charge in [0.25, 0.3) is 0 Å². The van der Waals surface area contributed by atoms with Crippen molar-refractivity contribution >= 4 is 0 Å². The highest BCUT2D eigenvalue weighted by molar-refractivity contribution is 5.16. The average Bonchev–Trinajstić information content (AvgIpc) is 2.28. The third-order valence-electron chi connectivity index (χ3n) is 2.93. The summed E-state index contributed by atoms with van der Waals surface area (Å²) < 4.78 is 12.8. The number of hydrogen-bond donors (Lipinski definition) is 1. The lowest BCUT2D eigenvalue weighted by Gasteiger charge is -2.19. The van der Waals surface area contributed by atoms with E-state index in [9.17, 15) is 4.39 Å². The van der Waals surface area contributed by atoms with Gasteiger partial charge in [0.1, 0.15) is 5.82 Å². The van der Waals surface area contributed by atoms with Crippen molar-refractivity contribution in [2.75, 3.05) is 13.1 Å². The van der Waals surface area contributed by atoms with Gasteiger partial charge in [-0.15, -0.1) is 0 Å². The zero-order valence-electron chi connectivity index (χ0n) is 11.2. The van der Waals surface area contributed by atoms with Crippen LogP contribution in [0.1, 0.15) is 32.8 Å². The lowest BCUT2D eigenvalue weighted by molar-refractivity contribution is 0.388. The van der Waals surface area contributed by atoms with Gasteiger partial charge >= 0.3 is 0 Å². The monoisotopic (exact) mass is 237 g/mol. The second-order valence-corrected chi connectivity index (χ2v) is 5.13. The van der Waals surface area contributed by atoms with E-state index in [1.165, 1.54) is 12.0 Å². The molecule has 0 spiro atoms. The van der Waals surface area contributed by atoms with E-state index in [-0.39, 0.29) is 5.82 Å². The van der Waals surface area contributed by atoms with E-state index in [4.69, 9.17) is 0 Å². The van der Waals surface area contributed by atoms with Gasteiger partial charge in [-0.05, 0) is 55.5 Å². The minimum Gasteiger partial charge on any atom is -0.317 e. The molecule has 0 amide bonds. The number of rotatable bonds is 7. The minimum absolute atomic E-state index is 0.152. The van der Waals surface area contributed by atoms with Crippen LogP contribution in [-0.2, 0) is 6.42 Å². The normalized spacial score (nSPS) is 13.0. The summed E-state index contributed by atoms with van der Waals surface area (Å²) in [6.07, 6.45) is 2.25. The maximum atomic E-state index is 12.8. The summed E-state index contributed by atoms with van der Waals surface area (Å²) in [5.74, 6) is 1.19. The molecule has 1 aromatic rings. The van der Waals surface area contributed by atoms with Crippen molar-refractivity contribution in [3.05, 3.63) is 35.6 Å². The van der Waals surface area contributed by atoms with Crippen molar-refractivity contribution < 1.29 is 4.39 Å². The van der Waals surface area contributed by atoms with Crippen LogP contribution in [0.3, 0.4) is 0 Å². The fourth-order valence-corrected chi connectivity index (χ4v) is 2.21. The Morgan fingerprint density at radius 2 is 1.82 bits per heavy atom. The molecule has 0 saturated carbocycles. The van der Waals surface area contributed by atoms with E-state index in [1.807, 2.05) is 12.1 Å². The van der Waals surface area contributed by atoms with Gasteiger partial charge in [0.05, 0.1) is 0 Å². The Morgan fingerprint density at radius 3 is 2.35 bits per heavy atom. The average molecular weight is 237 g/mol. The summed E-state index contributed by atoms with van der Waals surface area (Å²) >= 11 is 0. The van der Waals surface area contributed by atoms with E-state index in [0.29, 0.717) is 11.8 Å². The maximum Gasteiger partial charge on any atom is 0.123 e. The number of halogens is 1. The summed E-state index contributed by atoms with van der Waals surface area (Å²) in [6.45, 7) is 8.70. The highest BCUT2D eigenvalue weighted by Crippen LogP contribution is 2.17. The van der Waals surface area contributed by atoms with Gasteiger partial charge in [0.2, 0.25) is 0 Å². The molecule has 96 valence electrons. The van der Waals surface area contributed by atoms with Crippen LogP contribution >= 0.6 is 0 Å². The molecule has 0 radical (unpaired) electrons. The van der Waals surface area contributed by atoms with E-state index in [2.05, 4.69) is 26.1 Å². The summed E-state index contributed by atoms with van der Waals surface area (Å²) in [6, 6.07) is 6.90. The van der Waals surface area contributed by atoms with Gasteiger partial charge in [-0.1, -0.05) is 32.9 Å². The Balaban J connectivity index is 2.54. The molecular weight excluding hydrogens is 213 g/mol. The first-order valence-electron chi connectivity index (χ1n) is 6.57. The summed E-state index contributed by atoms with van der Waals surface area (Å²) in [5.41, 5.74) is 1.23. The van der Waals surface area contributed by atoms with E-state index in [0.717, 1.165) is 19.5 Å². The molecule has 1 atom stereocenters. The summed E-state index contributed by atoms with van der Waals surface area (Å²) in [7, 11) is 0. The second kappa shape index (κ2) is 7.44. The first kappa shape index (κ1) is 14.2. The molecule has 0 heterocycles. The molecule has 1 aromatic carbocycles. The summed E-state index contributed by atoms with van der Waals surface area (Å²) in [5, 5.41) is 3.41. The molecule has 0 saturated heterocycles. The van der Waals surface area contributed by atoms with Gasteiger partial charge < -0.3 is 5.32 Å². The molecule has 2 heteroatoms. The molecule has 17 heavy (non-hydrogen) atoms. The molecule has 0 bridgehead atoms. The molecular formula is C15H24FN. The molecule has 0 aromatic heterocycles. The van der Waals surface area contributed by atoms with Crippen molar-refractivity contribution in [1.82, 2.24) is 5.32 Å². The van der Waals surface area contributed by atoms with Crippen molar-refractivity contribution in [3.63, 3.8) is 0 Å². The standard InChI is InChI=1S/C15H24FN/c1-4-17-11-14(9-12(2)3)10-13-5-7-15(16)8-6-13/h5-8,12,14,17H,4,9-11H2,1-3H3. The number of nitrogens with one attached hydrogen (secondary N) is 1. The predicted molar refractivity (Wildman–Crippen MR) is 71.6 cm³/mol. The van der Waals surface area contributed by atoms with Gasteiger partial charge in [0, 0.05) is 0 Å². The topological polar surface area (TPSA) is 12.0 Å². The summed E-state index contributed by atoms with van der Waals surface area (Å²) in [4.78, 5) is 0. The minimum atomic E-state index is -0.152. The van der Waals surface area contributed by atoms with Crippen LogP contribution in [0.15, 0.2) is 24.3 Å². The highest BCUT2D eigenvalue weighted by Gasteiger charge is 2.11. The van der Waals surface area contributed by atoms with Gasteiger partial charge in [-0.3, -0.25) is 0 Å². The highest BCUT2D eigenvalue weighted by atomic mass is 19.1. The zero-order valence-corrected chi connectivity index (χ0v) is 11.2. The van der Waals surface area contributed by atoms with Crippen molar-refractivity contribution in [1.29, 1.82) is 0 Å². The van der Waals surface area contributed by atoms with Crippen LogP contribution < -0.4 is 5.32 Å². The van der Waals surface area contributed by atoms with Crippen molar-refractivity contribution in [3.8, 4) is 0 Å². The van der Waals surface area contributed by atoms with Crippen molar-refractivity contribution in [2.45, 2.75) is 33.6 Å². The Labute approximate surface area is 104 Å². The Hall–Kier alpha value is -0.890. The third-order valence-corrected chi connectivity index (χ3v) is 2.93. The Morgan fingerprint density at radius 1 is 1.18 bits per heavy atom. The lowest BCUT2D eigenvalue weighted by Crippen LogP contribution is -2.25. The molecule has 1 N–H and O–H groups in total. The van der Waals surface area contributed by atoms with Crippen molar-refractivity contribution in [2.24, 2.45) is 11.8 Å². The molecule has 0 aliphatic rings. The van der Waals surface area contributed by atoms with Crippen LogP contribution in [-0.4, -0.2) is 13.1 Å². The van der Waals surface area contributed by atoms with E-state index < -0.39 is 0 Å². The smallest absolute Gasteiger partial charge is 0.123 e. The van der Waals surface area contributed by atoms with Gasteiger partial charge in [-0.2, -0.15) is 0 Å². The maximum absolute atomic E-state index is 12.8. The molecule has 0 aliphatic heterocycles. The van der Waals surface area contributed by atoms with E-state index in [1.54, 1.807) is 12.1 Å². The quantitative estimate of drug-likeness (QED) is 0.763. The molecule has 0 fully saturated rings. The SMILES string of the molecule is CCNCC(Cc1ccc(F)cc1)CC(C)C. The predicted octanol–water partition coefficient (Wildman–Crippen LogP) is 3.64. The fourth-order valence-electron chi connectivity index (χ4n) is 2.21. The fraction of sp³-hybridized carbons (Fsp3) is 0.600. The van der Waals surface area contributed by atoms with Gasteiger partial charge in [0.15, 0.2) is 0 Å². The first-order valence-corrected chi connectivity index (χ1v) is 6.57. The van der Waals surface area contributed by atoms with Crippen LogP contribution in [0.25, 0.3) is 0 Å². The Bertz CT molecular complexity index is 305. The number of hydrogen-bond acceptors (Lipinski definition) is 1. The third kappa shape index (κ3) is 5.83. The molecule has 0 aliphatic carbocycles. The van der Waals surface area contributed by atoms with Crippen LogP contribution in [0.4, 0.5) is 4.39 Å². The Kier molecular flexibility index (Phi) is 6.20. The molecule has 1 rings (SSSR count).